The van der Waals surface area contributed by atoms with Gasteiger partial charge in [0.2, 0.25) is 5.91 Å². The van der Waals surface area contributed by atoms with Gasteiger partial charge in [0.1, 0.15) is 6.17 Å². The number of amidine groups is 1. The molecule has 1 atom stereocenters. The summed E-state index contributed by atoms with van der Waals surface area (Å²) in [5.41, 5.74) is 2.26. The Kier molecular flexibility index (Phi) is 5.49. The van der Waals surface area contributed by atoms with Gasteiger partial charge in [-0.15, -0.1) is 0 Å². The van der Waals surface area contributed by atoms with Crippen LogP contribution in [0.4, 0.5) is 5.69 Å². The van der Waals surface area contributed by atoms with Gasteiger partial charge < -0.3 is 4.90 Å². The van der Waals surface area contributed by atoms with Crippen molar-refractivity contribution < 1.29 is 4.79 Å². The van der Waals surface area contributed by atoms with Crippen LogP contribution in [-0.4, -0.2) is 41.0 Å². The molecule has 1 heterocycles. The number of nitrogens with zero attached hydrogens (tertiary/aromatic N) is 3. The average molecular weight is 346 g/mol. The molecule has 1 aliphatic carbocycles. The maximum Gasteiger partial charge on any atom is 0.225 e. The molecule has 3 rings (SSSR count). The maximum absolute atomic E-state index is 12.3. The number of amides is 1. The summed E-state index contributed by atoms with van der Waals surface area (Å²) >= 11 is 1.78. The van der Waals surface area contributed by atoms with E-state index in [9.17, 15) is 4.79 Å². The number of carbonyl (C=O) groups excluding carboxylic acids is 1. The van der Waals surface area contributed by atoms with E-state index in [-0.39, 0.29) is 12.1 Å². The summed E-state index contributed by atoms with van der Waals surface area (Å²) in [6, 6.07) is 8.82. The Labute approximate surface area is 149 Å². The molecule has 24 heavy (non-hydrogen) atoms. The van der Waals surface area contributed by atoms with Gasteiger partial charge in [-0.3, -0.25) is 14.7 Å². The zero-order valence-corrected chi connectivity index (χ0v) is 15.7. The molecule has 1 amide bonds. The molecule has 1 saturated carbocycles. The van der Waals surface area contributed by atoms with Gasteiger partial charge in [-0.2, -0.15) is 0 Å². The highest BCUT2D eigenvalue weighted by molar-refractivity contribution is 8.14. The molecule has 1 aromatic carbocycles. The molecule has 2 fully saturated rings. The molecule has 0 spiro atoms. The number of thioether (sulfide) groups is 1. The molecule has 1 saturated heterocycles. The molecule has 0 N–H and O–H groups in total. The molecular formula is C19H27N3OS. The maximum atomic E-state index is 12.3. The van der Waals surface area contributed by atoms with Crippen LogP contribution in [0, 0.1) is 0 Å². The lowest BCUT2D eigenvalue weighted by Gasteiger charge is -2.33. The SMILES string of the molecule is CCc1ccc(N(C(C)=O)C2CSC(=NC3CCCC3)N2C)cc1. The third-order valence-corrected chi connectivity index (χ3v) is 6.10. The number of hydrogen-bond acceptors (Lipinski definition) is 3. The van der Waals surface area contributed by atoms with E-state index >= 15 is 0 Å². The van der Waals surface area contributed by atoms with Gasteiger partial charge >= 0.3 is 0 Å². The van der Waals surface area contributed by atoms with Gasteiger partial charge in [0, 0.05) is 25.4 Å². The highest BCUT2D eigenvalue weighted by Crippen LogP contribution is 2.31. The number of anilines is 1. The van der Waals surface area contributed by atoms with Gasteiger partial charge in [-0.1, -0.05) is 43.7 Å². The standard InChI is InChI=1S/C19H27N3OS/c1-4-15-9-11-17(12-10-15)22(14(2)23)18-13-24-19(21(18)3)20-16-7-5-6-8-16/h9-12,16,18H,4-8,13H2,1-3H3. The largest absolute Gasteiger partial charge is 0.333 e. The third kappa shape index (κ3) is 3.61. The lowest BCUT2D eigenvalue weighted by molar-refractivity contribution is -0.117. The van der Waals surface area contributed by atoms with Gasteiger partial charge in [0.25, 0.3) is 0 Å². The van der Waals surface area contributed by atoms with Crippen LogP contribution in [0.25, 0.3) is 0 Å². The highest BCUT2D eigenvalue weighted by Gasteiger charge is 2.35. The molecule has 1 aromatic rings. The first-order valence-corrected chi connectivity index (χ1v) is 9.91. The molecule has 0 aromatic heterocycles. The quantitative estimate of drug-likeness (QED) is 0.830. The summed E-state index contributed by atoms with van der Waals surface area (Å²) in [4.78, 5) is 21.4. The van der Waals surface area contributed by atoms with Gasteiger partial charge in [0.05, 0.1) is 6.04 Å². The molecule has 5 heteroatoms. The van der Waals surface area contributed by atoms with Crippen molar-refractivity contribution in [1.29, 1.82) is 0 Å². The van der Waals surface area contributed by atoms with Crippen molar-refractivity contribution in [3.8, 4) is 0 Å². The van der Waals surface area contributed by atoms with Crippen molar-refractivity contribution >= 4 is 28.5 Å². The summed E-state index contributed by atoms with van der Waals surface area (Å²) in [7, 11) is 2.06. The topological polar surface area (TPSA) is 35.9 Å². The van der Waals surface area contributed by atoms with Crippen molar-refractivity contribution in [1.82, 2.24) is 4.90 Å². The number of hydrogen-bond donors (Lipinski definition) is 0. The highest BCUT2D eigenvalue weighted by atomic mass is 32.2. The van der Waals surface area contributed by atoms with Crippen molar-refractivity contribution in [2.75, 3.05) is 17.7 Å². The fraction of sp³-hybridized carbons (Fsp3) is 0.579. The Morgan fingerprint density at radius 1 is 1.29 bits per heavy atom. The van der Waals surface area contributed by atoms with E-state index in [1.807, 2.05) is 4.90 Å². The number of benzene rings is 1. The minimum Gasteiger partial charge on any atom is -0.333 e. The van der Waals surface area contributed by atoms with Crippen LogP contribution >= 0.6 is 11.8 Å². The van der Waals surface area contributed by atoms with Gasteiger partial charge in [-0.25, -0.2) is 0 Å². The Morgan fingerprint density at radius 2 is 1.96 bits per heavy atom. The predicted molar refractivity (Wildman–Crippen MR) is 103 cm³/mol. The fourth-order valence-corrected chi connectivity index (χ4v) is 4.73. The predicted octanol–water partition coefficient (Wildman–Crippen LogP) is 3.91. The summed E-state index contributed by atoms with van der Waals surface area (Å²) in [6.45, 7) is 3.79. The van der Waals surface area contributed by atoms with Crippen molar-refractivity contribution in [3.63, 3.8) is 0 Å². The number of rotatable bonds is 4. The second kappa shape index (κ2) is 7.60. The monoisotopic (exact) mass is 345 g/mol. The van der Waals surface area contributed by atoms with E-state index < -0.39 is 0 Å². The molecule has 130 valence electrons. The van der Waals surface area contributed by atoms with Crippen molar-refractivity contribution in [2.45, 2.75) is 58.2 Å². The van der Waals surface area contributed by atoms with Gasteiger partial charge in [0.15, 0.2) is 5.17 Å². The summed E-state index contributed by atoms with van der Waals surface area (Å²) in [5, 5.41) is 1.09. The van der Waals surface area contributed by atoms with Crippen LogP contribution in [-0.2, 0) is 11.2 Å². The van der Waals surface area contributed by atoms with Crippen LogP contribution in [0.3, 0.4) is 0 Å². The minimum atomic E-state index is 0.0418. The van der Waals surface area contributed by atoms with E-state index in [4.69, 9.17) is 4.99 Å². The zero-order chi connectivity index (χ0) is 17.1. The van der Waals surface area contributed by atoms with Crippen LogP contribution in [0.1, 0.15) is 45.1 Å². The number of aryl methyl sites for hydroxylation is 1. The first-order valence-electron chi connectivity index (χ1n) is 8.92. The molecule has 1 aliphatic heterocycles. The van der Waals surface area contributed by atoms with E-state index in [1.54, 1.807) is 18.7 Å². The Balaban J connectivity index is 1.79. The van der Waals surface area contributed by atoms with Crippen LogP contribution in [0.2, 0.25) is 0 Å². The third-order valence-electron chi connectivity index (χ3n) is 4.99. The molecule has 1 unspecified atom stereocenters. The second-order valence-electron chi connectivity index (χ2n) is 6.66. The van der Waals surface area contributed by atoms with Gasteiger partial charge in [-0.05, 0) is 37.0 Å². The van der Waals surface area contributed by atoms with Crippen molar-refractivity contribution in [2.24, 2.45) is 4.99 Å². The van der Waals surface area contributed by atoms with Crippen LogP contribution in [0.15, 0.2) is 29.3 Å². The van der Waals surface area contributed by atoms with E-state index in [0.717, 1.165) is 23.0 Å². The molecule has 0 radical (unpaired) electrons. The molecule has 0 bridgehead atoms. The normalized spacial score (nSPS) is 23.2. The minimum absolute atomic E-state index is 0.0418. The van der Waals surface area contributed by atoms with Crippen LogP contribution in [0.5, 0.6) is 0 Å². The fourth-order valence-electron chi connectivity index (χ4n) is 3.51. The average Bonchev–Trinajstić information content (AvgIpc) is 3.21. The first kappa shape index (κ1) is 17.3. The summed E-state index contributed by atoms with van der Waals surface area (Å²) in [6.07, 6.45) is 6.05. The second-order valence-corrected chi connectivity index (χ2v) is 7.65. The first-order chi connectivity index (χ1) is 11.6. The molecule has 4 nitrogen and oxygen atoms in total. The Bertz CT molecular complexity index is 608. The number of aliphatic imine (C=N–C) groups is 1. The molecule has 2 aliphatic rings. The Morgan fingerprint density at radius 3 is 2.54 bits per heavy atom. The molecular weight excluding hydrogens is 318 g/mol. The van der Waals surface area contributed by atoms with Crippen molar-refractivity contribution in [3.05, 3.63) is 29.8 Å². The van der Waals surface area contributed by atoms with Crippen LogP contribution < -0.4 is 4.90 Å². The van der Waals surface area contributed by atoms with E-state index in [2.05, 4.69) is 43.1 Å². The smallest absolute Gasteiger partial charge is 0.225 e. The van der Waals surface area contributed by atoms with E-state index in [0.29, 0.717) is 6.04 Å². The number of carbonyl (C=O) groups is 1. The lowest BCUT2D eigenvalue weighted by Crippen LogP contribution is -2.48. The lowest BCUT2D eigenvalue weighted by atomic mass is 10.1. The Hall–Kier alpha value is -1.49. The van der Waals surface area contributed by atoms with E-state index in [1.165, 1.54) is 31.2 Å². The summed E-state index contributed by atoms with van der Waals surface area (Å²) < 4.78 is 0. The zero-order valence-electron chi connectivity index (χ0n) is 14.9. The summed E-state index contributed by atoms with van der Waals surface area (Å²) in [5.74, 6) is 0.954.